The summed E-state index contributed by atoms with van der Waals surface area (Å²) >= 11 is 0. The maximum atomic E-state index is 13.0. The lowest BCUT2D eigenvalue weighted by molar-refractivity contribution is -0.926. The standard InChI is InChI=1S/C34H48N2O4/c1-26(2)24-36(4)21-20-33(29-15-11-16-31(22-29)40-27(3)37)23-30(18-19-34(33,39)25-36)35-32(38)17-10-6-9-14-28-12-7-5-8-13-28/h5,7-8,11-13,15-16,22,26,30,39H,6,9-10,14,17-21,23-25H2,1-4H3/p+1/t30-,33+,34?,36-/m0/s1. The molecule has 0 radical (unpaired) electrons. The molecule has 1 aliphatic heterocycles. The van der Waals surface area contributed by atoms with Crippen LogP contribution in [0.15, 0.2) is 54.6 Å². The number of aryl methyl sites for hydroxylation is 1. The smallest absolute Gasteiger partial charge is 0.308 e. The number of nitrogens with zero attached hydrogens (tertiary/aromatic N) is 1. The summed E-state index contributed by atoms with van der Waals surface area (Å²) in [6.45, 7) is 8.56. The van der Waals surface area contributed by atoms with Gasteiger partial charge in [0.05, 0.1) is 20.1 Å². The van der Waals surface area contributed by atoms with Crippen molar-refractivity contribution in [2.24, 2.45) is 5.92 Å². The second-order valence-corrected chi connectivity index (χ2v) is 13.1. The van der Waals surface area contributed by atoms with Gasteiger partial charge in [0.25, 0.3) is 0 Å². The van der Waals surface area contributed by atoms with Crippen LogP contribution in [0, 0.1) is 5.92 Å². The maximum absolute atomic E-state index is 13.0. The average molecular weight is 550 g/mol. The Balaban J connectivity index is 1.45. The molecule has 1 unspecified atom stereocenters. The Bertz CT molecular complexity index is 1150. The van der Waals surface area contributed by atoms with Crippen molar-refractivity contribution < 1.29 is 23.9 Å². The van der Waals surface area contributed by atoms with Crippen LogP contribution in [0.3, 0.4) is 0 Å². The SMILES string of the molecule is CC(=O)Oc1cccc([C@]23CC[N@@+](C)(CC(C)C)CC2(O)CC[C@H](NC(=O)CCCCCc2ccccc2)C3)c1. The maximum Gasteiger partial charge on any atom is 0.308 e. The van der Waals surface area contributed by atoms with Gasteiger partial charge in [-0.05, 0) is 61.8 Å². The number of esters is 1. The lowest BCUT2D eigenvalue weighted by Crippen LogP contribution is -2.71. The number of nitrogens with one attached hydrogen (secondary N) is 1. The summed E-state index contributed by atoms with van der Waals surface area (Å²) in [5, 5.41) is 15.8. The fraction of sp³-hybridized carbons (Fsp3) is 0.588. The number of carbonyl (C=O) groups excluding carboxylic acids is 2. The molecule has 0 bridgehead atoms. The number of piperidine rings is 1. The number of ether oxygens (including phenoxy) is 1. The predicted molar refractivity (Wildman–Crippen MR) is 159 cm³/mol. The first-order valence-electron chi connectivity index (χ1n) is 15.2. The van der Waals surface area contributed by atoms with Gasteiger partial charge in [-0.2, -0.15) is 0 Å². The number of likely N-dealkylation sites (N-methyl/N-ethyl adjacent to an activating group) is 1. The lowest BCUT2D eigenvalue weighted by Gasteiger charge is -2.60. The molecule has 4 rings (SSSR count). The second kappa shape index (κ2) is 12.9. The summed E-state index contributed by atoms with van der Waals surface area (Å²) in [5.74, 6) is 0.799. The van der Waals surface area contributed by atoms with Gasteiger partial charge in [0.1, 0.15) is 17.9 Å². The van der Waals surface area contributed by atoms with Crippen molar-refractivity contribution in [3.8, 4) is 5.75 Å². The molecule has 218 valence electrons. The molecule has 6 nitrogen and oxygen atoms in total. The van der Waals surface area contributed by atoms with Crippen molar-refractivity contribution in [2.75, 3.05) is 26.7 Å². The number of amides is 1. The third-order valence-electron chi connectivity index (χ3n) is 9.15. The minimum Gasteiger partial charge on any atom is -0.427 e. The zero-order valence-corrected chi connectivity index (χ0v) is 25.0. The first-order valence-corrected chi connectivity index (χ1v) is 15.2. The van der Waals surface area contributed by atoms with Crippen molar-refractivity contribution in [3.63, 3.8) is 0 Å². The molecule has 2 aromatic carbocycles. The van der Waals surface area contributed by atoms with Crippen molar-refractivity contribution in [1.82, 2.24) is 5.32 Å². The second-order valence-electron chi connectivity index (χ2n) is 13.1. The van der Waals surface area contributed by atoms with E-state index >= 15 is 0 Å². The molecule has 1 aliphatic carbocycles. The van der Waals surface area contributed by atoms with Gasteiger partial charge in [-0.25, -0.2) is 0 Å². The van der Waals surface area contributed by atoms with Crippen LogP contribution < -0.4 is 10.1 Å². The highest BCUT2D eigenvalue weighted by atomic mass is 16.5. The van der Waals surface area contributed by atoms with Crippen LogP contribution in [0.4, 0.5) is 0 Å². The van der Waals surface area contributed by atoms with Crippen LogP contribution in [0.2, 0.25) is 0 Å². The van der Waals surface area contributed by atoms with E-state index in [1.807, 2.05) is 18.2 Å². The van der Waals surface area contributed by atoms with E-state index in [9.17, 15) is 14.7 Å². The van der Waals surface area contributed by atoms with Gasteiger partial charge < -0.3 is 19.6 Å². The Hall–Kier alpha value is -2.70. The summed E-state index contributed by atoms with van der Waals surface area (Å²) in [7, 11) is 2.27. The van der Waals surface area contributed by atoms with E-state index in [1.165, 1.54) is 12.5 Å². The van der Waals surface area contributed by atoms with Crippen LogP contribution in [-0.4, -0.2) is 59.8 Å². The van der Waals surface area contributed by atoms with Crippen LogP contribution in [0.25, 0.3) is 0 Å². The average Bonchev–Trinajstić information content (AvgIpc) is 2.88. The zero-order valence-electron chi connectivity index (χ0n) is 25.0. The highest BCUT2D eigenvalue weighted by molar-refractivity contribution is 5.76. The molecule has 2 N–H and O–H groups in total. The van der Waals surface area contributed by atoms with Gasteiger partial charge in [-0.1, -0.05) is 62.7 Å². The Morgan fingerprint density at radius 3 is 2.58 bits per heavy atom. The number of hydrogen-bond acceptors (Lipinski definition) is 4. The molecule has 2 aliphatic rings. The molecule has 4 atom stereocenters. The Morgan fingerprint density at radius 1 is 1.07 bits per heavy atom. The van der Waals surface area contributed by atoms with Crippen LogP contribution >= 0.6 is 0 Å². The van der Waals surface area contributed by atoms with Gasteiger partial charge in [0.2, 0.25) is 5.91 Å². The van der Waals surface area contributed by atoms with E-state index in [0.29, 0.717) is 37.5 Å². The molecule has 40 heavy (non-hydrogen) atoms. The van der Waals surface area contributed by atoms with Crippen LogP contribution in [0.5, 0.6) is 5.75 Å². The summed E-state index contributed by atoms with van der Waals surface area (Å²) in [5.41, 5.74) is 0.941. The van der Waals surface area contributed by atoms with E-state index in [1.54, 1.807) is 6.07 Å². The van der Waals surface area contributed by atoms with Gasteiger partial charge in [-0.3, -0.25) is 9.59 Å². The Labute approximate surface area is 240 Å². The van der Waals surface area contributed by atoms with Crippen molar-refractivity contribution in [2.45, 2.75) is 95.6 Å². The van der Waals surface area contributed by atoms with Gasteiger partial charge >= 0.3 is 5.97 Å². The fourth-order valence-electron chi connectivity index (χ4n) is 7.55. The first-order chi connectivity index (χ1) is 19.0. The normalized spacial score (nSPS) is 28.1. The Kier molecular flexibility index (Phi) is 9.73. The quantitative estimate of drug-likeness (QED) is 0.167. The molecule has 0 spiro atoms. The van der Waals surface area contributed by atoms with Crippen molar-refractivity contribution >= 4 is 11.9 Å². The summed E-state index contributed by atoms with van der Waals surface area (Å²) < 4.78 is 6.28. The summed E-state index contributed by atoms with van der Waals surface area (Å²) in [6, 6.07) is 18.2. The van der Waals surface area contributed by atoms with E-state index in [4.69, 9.17) is 4.74 Å². The molecule has 1 heterocycles. The summed E-state index contributed by atoms with van der Waals surface area (Å²) in [6.07, 6.45) is 7.50. The molecule has 0 aromatic heterocycles. The molecule has 1 saturated carbocycles. The molecular weight excluding hydrogens is 500 g/mol. The third kappa shape index (κ3) is 7.32. The van der Waals surface area contributed by atoms with Crippen LogP contribution in [0.1, 0.15) is 83.3 Å². The van der Waals surface area contributed by atoms with E-state index < -0.39 is 11.0 Å². The predicted octanol–water partition coefficient (Wildman–Crippen LogP) is 5.56. The van der Waals surface area contributed by atoms with E-state index in [-0.39, 0.29) is 17.9 Å². The van der Waals surface area contributed by atoms with Gasteiger partial charge in [-0.15, -0.1) is 0 Å². The highest BCUT2D eigenvalue weighted by Crippen LogP contribution is 2.53. The third-order valence-corrected chi connectivity index (χ3v) is 9.15. The van der Waals surface area contributed by atoms with Gasteiger partial charge in [0, 0.05) is 37.1 Å². The number of quaternary nitrogens is 1. The highest BCUT2D eigenvalue weighted by Gasteiger charge is 2.61. The molecular formula is C34H49N2O4+. The van der Waals surface area contributed by atoms with E-state index in [2.05, 4.69) is 56.5 Å². The minimum atomic E-state index is -0.900. The lowest BCUT2D eigenvalue weighted by atomic mass is 9.54. The molecule has 1 amide bonds. The first kappa shape index (κ1) is 30.3. The number of benzene rings is 2. The number of likely N-dealkylation sites (tertiary alicyclic amines) is 1. The van der Waals surface area contributed by atoms with E-state index in [0.717, 1.165) is 61.7 Å². The number of carbonyl (C=O) groups is 2. The Morgan fingerprint density at radius 2 is 1.85 bits per heavy atom. The molecule has 6 heteroatoms. The number of aliphatic hydroxyl groups is 1. The topological polar surface area (TPSA) is 75.6 Å². The summed E-state index contributed by atoms with van der Waals surface area (Å²) in [4.78, 5) is 24.7. The van der Waals surface area contributed by atoms with Crippen molar-refractivity contribution in [3.05, 3.63) is 65.7 Å². The van der Waals surface area contributed by atoms with Gasteiger partial charge in [0.15, 0.2) is 0 Å². The largest absolute Gasteiger partial charge is 0.427 e. The molecule has 2 aromatic rings. The number of unbranched alkanes of at least 4 members (excludes halogenated alkanes) is 2. The monoisotopic (exact) mass is 549 g/mol. The van der Waals surface area contributed by atoms with Crippen molar-refractivity contribution in [1.29, 1.82) is 0 Å². The fourth-order valence-corrected chi connectivity index (χ4v) is 7.55. The zero-order chi connectivity index (χ0) is 28.8. The number of fused-ring (bicyclic) bond motifs is 1. The number of rotatable bonds is 11. The minimum absolute atomic E-state index is 0.0106. The number of hydrogen-bond donors (Lipinski definition) is 2. The van der Waals surface area contributed by atoms with Crippen LogP contribution in [-0.2, 0) is 21.4 Å². The molecule has 1 saturated heterocycles. The molecule has 2 fully saturated rings.